The van der Waals surface area contributed by atoms with Gasteiger partial charge >= 0.3 is 0 Å². The monoisotopic (exact) mass is 262 g/mol. The molecule has 2 N–H and O–H groups in total. The second-order valence-electron chi connectivity index (χ2n) is 3.91. The molecule has 4 nitrogen and oxygen atoms in total. The molecule has 2 heterocycles. The van der Waals surface area contributed by atoms with Gasteiger partial charge in [-0.3, -0.25) is 0 Å². The number of anilines is 1. The summed E-state index contributed by atoms with van der Waals surface area (Å²) in [5.74, 6) is -1.04. The van der Waals surface area contributed by atoms with Crippen LogP contribution in [0.2, 0.25) is 0 Å². The zero-order valence-electron chi connectivity index (χ0n) is 9.56. The Morgan fingerprint density at radius 1 is 1.11 bits per heavy atom. The molecule has 0 saturated heterocycles. The molecule has 3 rings (SSSR count). The quantitative estimate of drug-likeness (QED) is 0.768. The smallest absolute Gasteiger partial charge is 0.230 e. The Kier molecular flexibility index (Phi) is 2.56. The summed E-state index contributed by atoms with van der Waals surface area (Å²) in [7, 11) is 0. The fourth-order valence-electron chi connectivity index (χ4n) is 1.86. The van der Waals surface area contributed by atoms with Gasteiger partial charge in [0.25, 0.3) is 0 Å². The molecule has 0 bridgehead atoms. The summed E-state index contributed by atoms with van der Waals surface area (Å²) < 4.78 is 36.6. The van der Waals surface area contributed by atoms with Gasteiger partial charge in [0.1, 0.15) is 11.6 Å². The molecule has 0 unspecified atom stereocenters. The number of rotatable bonds is 2. The first kappa shape index (κ1) is 11.5. The third kappa shape index (κ3) is 1.97. The Bertz CT molecular complexity index is 700. The molecule has 1 aromatic carbocycles. The third-order valence-corrected chi connectivity index (χ3v) is 2.62. The van der Waals surface area contributed by atoms with Crippen LogP contribution in [0.25, 0.3) is 22.6 Å². The Labute approximate surface area is 106 Å². The van der Waals surface area contributed by atoms with E-state index in [1.165, 1.54) is 6.26 Å². The lowest BCUT2D eigenvalue weighted by Gasteiger charge is -2.01. The highest BCUT2D eigenvalue weighted by atomic mass is 19.1. The zero-order chi connectivity index (χ0) is 13.4. The summed E-state index contributed by atoms with van der Waals surface area (Å²) >= 11 is 0. The number of furan rings is 1. The summed E-state index contributed by atoms with van der Waals surface area (Å²) in [5, 5.41) is 3.76. The number of nitrogens with two attached hydrogens (primary N) is 1. The zero-order valence-corrected chi connectivity index (χ0v) is 9.56. The lowest BCUT2D eigenvalue weighted by Crippen LogP contribution is -1.89. The summed E-state index contributed by atoms with van der Waals surface area (Å²) in [6.07, 6.45) is 1.45. The van der Waals surface area contributed by atoms with Crippen LogP contribution in [-0.4, -0.2) is 5.16 Å². The molecule has 0 spiro atoms. The van der Waals surface area contributed by atoms with Crippen LogP contribution in [0.4, 0.5) is 14.7 Å². The summed E-state index contributed by atoms with van der Waals surface area (Å²) in [4.78, 5) is 0. The van der Waals surface area contributed by atoms with E-state index in [2.05, 4.69) is 5.16 Å². The van der Waals surface area contributed by atoms with Gasteiger partial charge in [-0.25, -0.2) is 8.78 Å². The van der Waals surface area contributed by atoms with E-state index in [0.717, 1.165) is 18.2 Å². The van der Waals surface area contributed by atoms with Crippen LogP contribution in [-0.2, 0) is 0 Å². The Morgan fingerprint density at radius 3 is 2.47 bits per heavy atom. The van der Waals surface area contributed by atoms with Crippen molar-refractivity contribution in [3.8, 4) is 22.6 Å². The molecular weight excluding hydrogens is 254 g/mol. The van der Waals surface area contributed by atoms with E-state index in [4.69, 9.17) is 14.7 Å². The third-order valence-electron chi connectivity index (χ3n) is 2.62. The maximum absolute atomic E-state index is 13.3. The first-order valence-electron chi connectivity index (χ1n) is 5.40. The lowest BCUT2D eigenvalue weighted by molar-refractivity contribution is 0.436. The van der Waals surface area contributed by atoms with E-state index in [0.29, 0.717) is 17.0 Å². The van der Waals surface area contributed by atoms with Crippen LogP contribution in [0.15, 0.2) is 45.5 Å². The van der Waals surface area contributed by atoms with Crippen LogP contribution in [0.5, 0.6) is 0 Å². The van der Waals surface area contributed by atoms with Crippen molar-refractivity contribution in [2.24, 2.45) is 0 Å². The van der Waals surface area contributed by atoms with Gasteiger partial charge in [-0.2, -0.15) is 0 Å². The van der Waals surface area contributed by atoms with Gasteiger partial charge < -0.3 is 14.7 Å². The standard InChI is InChI=1S/C13H8F2N2O2/c14-8-4-7(5-9(15)6-8)11-12(17-19-13(11)16)10-2-1-3-18-10/h1-6H,16H2. The maximum Gasteiger partial charge on any atom is 0.230 e. The molecular formula is C13H8F2N2O2. The number of halogens is 2. The molecule has 19 heavy (non-hydrogen) atoms. The minimum atomic E-state index is -0.707. The number of aromatic nitrogens is 1. The summed E-state index contributed by atoms with van der Waals surface area (Å²) in [6, 6.07) is 6.39. The van der Waals surface area contributed by atoms with E-state index in [1.807, 2.05) is 0 Å². The minimum Gasteiger partial charge on any atom is -0.463 e. The molecule has 96 valence electrons. The van der Waals surface area contributed by atoms with Crippen molar-refractivity contribution in [1.29, 1.82) is 0 Å². The van der Waals surface area contributed by atoms with Crippen molar-refractivity contribution in [3.63, 3.8) is 0 Å². The van der Waals surface area contributed by atoms with E-state index in [-0.39, 0.29) is 11.4 Å². The number of hydrogen-bond acceptors (Lipinski definition) is 4. The number of benzene rings is 1. The second kappa shape index (κ2) is 4.24. The molecule has 0 atom stereocenters. The van der Waals surface area contributed by atoms with Crippen molar-refractivity contribution in [2.75, 3.05) is 5.73 Å². The SMILES string of the molecule is Nc1onc(-c2ccco2)c1-c1cc(F)cc(F)c1. The van der Waals surface area contributed by atoms with Gasteiger partial charge in [-0.1, -0.05) is 5.16 Å². The molecule has 0 fully saturated rings. The largest absolute Gasteiger partial charge is 0.463 e. The van der Waals surface area contributed by atoms with E-state index in [1.54, 1.807) is 12.1 Å². The average Bonchev–Trinajstić information content (AvgIpc) is 2.95. The fraction of sp³-hybridized carbons (Fsp3) is 0. The van der Waals surface area contributed by atoms with Gasteiger partial charge in [0.2, 0.25) is 5.88 Å². The molecule has 0 radical (unpaired) electrons. The van der Waals surface area contributed by atoms with Crippen LogP contribution < -0.4 is 5.73 Å². The van der Waals surface area contributed by atoms with Gasteiger partial charge in [-0.05, 0) is 29.8 Å². The van der Waals surface area contributed by atoms with Crippen molar-refractivity contribution >= 4 is 5.88 Å². The molecule has 0 amide bonds. The highest BCUT2D eigenvalue weighted by Crippen LogP contribution is 2.36. The molecule has 0 saturated carbocycles. The number of nitrogen functional groups attached to an aromatic ring is 1. The van der Waals surface area contributed by atoms with Crippen LogP contribution in [0.1, 0.15) is 0 Å². The molecule has 0 aliphatic rings. The Balaban J connectivity index is 2.22. The highest BCUT2D eigenvalue weighted by molar-refractivity contribution is 5.85. The van der Waals surface area contributed by atoms with E-state index < -0.39 is 11.6 Å². The van der Waals surface area contributed by atoms with Crippen LogP contribution >= 0.6 is 0 Å². The van der Waals surface area contributed by atoms with Crippen molar-refractivity contribution in [1.82, 2.24) is 5.16 Å². The van der Waals surface area contributed by atoms with Crippen molar-refractivity contribution < 1.29 is 17.7 Å². The fourth-order valence-corrected chi connectivity index (χ4v) is 1.86. The average molecular weight is 262 g/mol. The highest BCUT2D eigenvalue weighted by Gasteiger charge is 2.20. The van der Waals surface area contributed by atoms with Crippen LogP contribution in [0.3, 0.4) is 0 Å². The van der Waals surface area contributed by atoms with Crippen LogP contribution in [0, 0.1) is 11.6 Å². The molecule has 2 aromatic heterocycles. The first-order valence-corrected chi connectivity index (χ1v) is 5.40. The predicted octanol–water partition coefficient (Wildman–Crippen LogP) is 3.46. The van der Waals surface area contributed by atoms with Gasteiger partial charge in [-0.15, -0.1) is 0 Å². The normalized spacial score (nSPS) is 10.8. The summed E-state index contributed by atoms with van der Waals surface area (Å²) in [6.45, 7) is 0. The molecule has 0 aliphatic carbocycles. The number of nitrogens with zero attached hydrogens (tertiary/aromatic N) is 1. The summed E-state index contributed by atoms with van der Waals surface area (Å²) in [5.41, 5.74) is 6.50. The topological polar surface area (TPSA) is 65.2 Å². The van der Waals surface area contributed by atoms with Gasteiger partial charge in [0.15, 0.2) is 11.5 Å². The van der Waals surface area contributed by atoms with Crippen molar-refractivity contribution in [3.05, 3.63) is 48.2 Å². The minimum absolute atomic E-state index is 0.0311. The van der Waals surface area contributed by atoms with E-state index >= 15 is 0 Å². The molecule has 0 aliphatic heterocycles. The molecule has 3 aromatic rings. The lowest BCUT2D eigenvalue weighted by atomic mass is 10.0. The predicted molar refractivity (Wildman–Crippen MR) is 64.0 cm³/mol. The van der Waals surface area contributed by atoms with Gasteiger partial charge in [0.05, 0.1) is 11.8 Å². The maximum atomic E-state index is 13.3. The first-order chi connectivity index (χ1) is 9.15. The molecule has 6 heteroatoms. The second-order valence-corrected chi connectivity index (χ2v) is 3.91. The van der Waals surface area contributed by atoms with E-state index in [9.17, 15) is 8.78 Å². The van der Waals surface area contributed by atoms with Gasteiger partial charge in [0, 0.05) is 6.07 Å². The van der Waals surface area contributed by atoms with Crippen molar-refractivity contribution in [2.45, 2.75) is 0 Å². The Morgan fingerprint density at radius 2 is 1.84 bits per heavy atom. The Hall–Kier alpha value is -2.63. The number of hydrogen-bond donors (Lipinski definition) is 1.